The van der Waals surface area contributed by atoms with Crippen LogP contribution < -0.4 is 10.1 Å². The highest BCUT2D eigenvalue weighted by Crippen LogP contribution is 2.22. The molecule has 0 saturated heterocycles. The topological polar surface area (TPSA) is 47.0 Å². The van der Waals surface area contributed by atoms with E-state index in [4.69, 9.17) is 4.74 Å². The number of aryl methyl sites for hydroxylation is 1. The third kappa shape index (κ3) is 2.74. The molecule has 1 aromatic heterocycles. The monoisotopic (exact) mass is 249 g/mol. The summed E-state index contributed by atoms with van der Waals surface area (Å²) in [4.78, 5) is 0. The summed E-state index contributed by atoms with van der Waals surface area (Å²) in [6.07, 6.45) is 0. The van der Waals surface area contributed by atoms with Gasteiger partial charge in [-0.1, -0.05) is 23.5 Å². The minimum atomic E-state index is 0.462. The Bertz CT molecular complexity index is 510. The van der Waals surface area contributed by atoms with E-state index in [-0.39, 0.29) is 0 Å². The van der Waals surface area contributed by atoms with Crippen LogP contribution in [0.1, 0.15) is 16.1 Å². The summed E-state index contributed by atoms with van der Waals surface area (Å²) in [5, 5.41) is 12.6. The lowest BCUT2D eigenvalue weighted by molar-refractivity contribution is 0.302. The summed E-state index contributed by atoms with van der Waals surface area (Å²) in [6.45, 7) is 4.60. The van der Waals surface area contributed by atoms with Crippen LogP contribution in [-0.2, 0) is 6.61 Å². The van der Waals surface area contributed by atoms with Crippen molar-refractivity contribution in [1.82, 2.24) is 10.2 Å². The molecular formula is C12H15N3OS. The van der Waals surface area contributed by atoms with Gasteiger partial charge in [-0.25, -0.2) is 0 Å². The van der Waals surface area contributed by atoms with E-state index in [0.29, 0.717) is 6.61 Å². The second-order valence-corrected chi connectivity index (χ2v) is 4.80. The average Bonchev–Trinajstić information content (AvgIpc) is 2.79. The summed E-state index contributed by atoms with van der Waals surface area (Å²) in [5.74, 6) is 0.909. The lowest BCUT2D eigenvalue weighted by Crippen LogP contribution is -1.97. The van der Waals surface area contributed by atoms with Gasteiger partial charge in [0.1, 0.15) is 12.4 Å². The first-order chi connectivity index (χ1) is 8.20. The molecule has 5 heteroatoms. The first-order valence-electron chi connectivity index (χ1n) is 5.40. The van der Waals surface area contributed by atoms with Crippen LogP contribution >= 0.6 is 11.3 Å². The Morgan fingerprint density at radius 1 is 1.29 bits per heavy atom. The van der Waals surface area contributed by atoms with Gasteiger partial charge in [0.15, 0.2) is 5.01 Å². The number of benzene rings is 1. The fourth-order valence-corrected chi connectivity index (χ4v) is 2.04. The highest BCUT2D eigenvalue weighted by molar-refractivity contribution is 7.15. The first-order valence-corrected chi connectivity index (χ1v) is 6.21. The van der Waals surface area contributed by atoms with E-state index in [2.05, 4.69) is 35.4 Å². The molecule has 0 atom stereocenters. The number of hydrogen-bond acceptors (Lipinski definition) is 5. The molecule has 17 heavy (non-hydrogen) atoms. The Hall–Kier alpha value is -1.62. The molecule has 2 rings (SSSR count). The third-order valence-electron chi connectivity index (χ3n) is 2.59. The van der Waals surface area contributed by atoms with Crippen LogP contribution in [0.3, 0.4) is 0 Å². The molecule has 0 aliphatic rings. The van der Waals surface area contributed by atoms with Crippen LogP contribution in [0.2, 0.25) is 0 Å². The number of nitrogens with zero attached hydrogens (tertiary/aromatic N) is 2. The van der Waals surface area contributed by atoms with Crippen molar-refractivity contribution >= 4 is 16.5 Å². The Morgan fingerprint density at radius 2 is 2.12 bits per heavy atom. The fraction of sp³-hybridized carbons (Fsp3) is 0.333. The molecule has 1 aromatic carbocycles. The molecule has 0 bridgehead atoms. The van der Waals surface area contributed by atoms with Gasteiger partial charge in [0.25, 0.3) is 0 Å². The van der Waals surface area contributed by atoms with E-state index < -0.39 is 0 Å². The molecule has 1 heterocycles. The van der Waals surface area contributed by atoms with E-state index >= 15 is 0 Å². The van der Waals surface area contributed by atoms with Gasteiger partial charge in [-0.2, -0.15) is 0 Å². The highest BCUT2D eigenvalue weighted by Gasteiger charge is 2.05. The molecule has 0 fully saturated rings. The normalized spacial score (nSPS) is 10.3. The number of aromatic nitrogens is 2. The first kappa shape index (κ1) is 11.9. The van der Waals surface area contributed by atoms with Gasteiger partial charge < -0.3 is 10.1 Å². The number of nitrogens with one attached hydrogen (secondary N) is 1. The van der Waals surface area contributed by atoms with E-state index in [1.54, 1.807) is 0 Å². The van der Waals surface area contributed by atoms with Crippen LogP contribution in [0, 0.1) is 13.8 Å². The SMILES string of the molecule is CNc1nnc(COc2cccc(C)c2C)s1. The van der Waals surface area contributed by atoms with Crippen molar-refractivity contribution in [3.05, 3.63) is 34.3 Å². The summed E-state index contributed by atoms with van der Waals surface area (Å²) < 4.78 is 5.74. The highest BCUT2D eigenvalue weighted by atomic mass is 32.1. The second kappa shape index (κ2) is 5.14. The molecule has 0 spiro atoms. The fourth-order valence-electron chi connectivity index (χ4n) is 1.43. The Labute approximate surface area is 105 Å². The van der Waals surface area contributed by atoms with Crippen molar-refractivity contribution < 1.29 is 4.74 Å². The van der Waals surface area contributed by atoms with Crippen LogP contribution in [0.25, 0.3) is 0 Å². The summed E-state index contributed by atoms with van der Waals surface area (Å²) in [5.41, 5.74) is 2.40. The maximum atomic E-state index is 5.74. The van der Waals surface area contributed by atoms with Crippen molar-refractivity contribution in [3.63, 3.8) is 0 Å². The van der Waals surface area contributed by atoms with E-state index in [9.17, 15) is 0 Å². The molecule has 0 radical (unpaired) electrons. The quantitative estimate of drug-likeness (QED) is 0.905. The van der Waals surface area contributed by atoms with Crippen LogP contribution in [0.5, 0.6) is 5.75 Å². The van der Waals surface area contributed by atoms with E-state index in [1.807, 2.05) is 19.2 Å². The predicted molar refractivity (Wildman–Crippen MR) is 69.7 cm³/mol. The lowest BCUT2D eigenvalue weighted by Gasteiger charge is -2.08. The largest absolute Gasteiger partial charge is 0.486 e. The van der Waals surface area contributed by atoms with Gasteiger partial charge in [0.2, 0.25) is 5.13 Å². The number of rotatable bonds is 4. The lowest BCUT2D eigenvalue weighted by atomic mass is 10.1. The summed E-state index contributed by atoms with van der Waals surface area (Å²) >= 11 is 1.50. The number of anilines is 1. The van der Waals surface area contributed by atoms with Gasteiger partial charge in [-0.3, -0.25) is 0 Å². The number of ether oxygens (including phenoxy) is 1. The Kier molecular flexibility index (Phi) is 3.58. The van der Waals surface area contributed by atoms with Gasteiger partial charge in [0, 0.05) is 7.05 Å². The maximum absolute atomic E-state index is 5.74. The average molecular weight is 249 g/mol. The van der Waals surface area contributed by atoms with Crippen molar-refractivity contribution in [2.75, 3.05) is 12.4 Å². The molecule has 4 nitrogen and oxygen atoms in total. The van der Waals surface area contributed by atoms with Crippen LogP contribution in [0.15, 0.2) is 18.2 Å². The molecule has 1 N–H and O–H groups in total. The Morgan fingerprint density at radius 3 is 2.82 bits per heavy atom. The van der Waals surface area contributed by atoms with Gasteiger partial charge in [0.05, 0.1) is 0 Å². The summed E-state index contributed by atoms with van der Waals surface area (Å²) in [7, 11) is 1.83. The molecule has 2 aromatic rings. The van der Waals surface area contributed by atoms with Crippen LogP contribution in [-0.4, -0.2) is 17.2 Å². The minimum Gasteiger partial charge on any atom is -0.486 e. The molecule has 90 valence electrons. The van der Waals surface area contributed by atoms with Crippen LogP contribution in [0.4, 0.5) is 5.13 Å². The third-order valence-corrected chi connectivity index (χ3v) is 3.50. The zero-order valence-electron chi connectivity index (χ0n) is 10.2. The van der Waals surface area contributed by atoms with Crippen molar-refractivity contribution in [2.24, 2.45) is 0 Å². The van der Waals surface area contributed by atoms with Crippen molar-refractivity contribution in [3.8, 4) is 5.75 Å². The smallest absolute Gasteiger partial charge is 0.205 e. The zero-order chi connectivity index (χ0) is 12.3. The minimum absolute atomic E-state index is 0.462. The molecule has 0 aliphatic heterocycles. The zero-order valence-corrected chi connectivity index (χ0v) is 11.0. The van der Waals surface area contributed by atoms with E-state index in [0.717, 1.165) is 15.9 Å². The van der Waals surface area contributed by atoms with Gasteiger partial charge >= 0.3 is 0 Å². The summed E-state index contributed by atoms with van der Waals surface area (Å²) in [6, 6.07) is 6.05. The second-order valence-electron chi connectivity index (χ2n) is 3.74. The standard InChI is InChI=1S/C12H15N3OS/c1-8-5-4-6-10(9(8)2)16-7-11-14-15-12(13-3)17-11/h4-6H,7H2,1-3H3,(H,13,15). The molecule has 0 saturated carbocycles. The molecule has 0 aliphatic carbocycles. The Balaban J connectivity index is 2.04. The van der Waals surface area contributed by atoms with Gasteiger partial charge in [-0.05, 0) is 31.0 Å². The predicted octanol–water partition coefficient (Wildman–Crippen LogP) is 2.78. The van der Waals surface area contributed by atoms with Gasteiger partial charge in [-0.15, -0.1) is 10.2 Å². The molecule has 0 unspecified atom stereocenters. The van der Waals surface area contributed by atoms with Crippen molar-refractivity contribution in [1.29, 1.82) is 0 Å². The number of hydrogen-bond donors (Lipinski definition) is 1. The molecule has 0 amide bonds. The van der Waals surface area contributed by atoms with E-state index in [1.165, 1.54) is 22.5 Å². The maximum Gasteiger partial charge on any atom is 0.205 e. The van der Waals surface area contributed by atoms with Crippen molar-refractivity contribution in [2.45, 2.75) is 20.5 Å². The molecular weight excluding hydrogens is 234 g/mol.